The highest BCUT2D eigenvalue weighted by Gasteiger charge is 2.06. The SMILES string of the molecule is OCCC(S)CCc1cc(F)ccc1O. The molecule has 0 saturated heterocycles. The molecule has 0 aliphatic rings. The normalized spacial score (nSPS) is 12.7. The summed E-state index contributed by atoms with van der Waals surface area (Å²) in [6.45, 7) is 0.100. The van der Waals surface area contributed by atoms with Crippen LogP contribution in [-0.2, 0) is 6.42 Å². The third-order valence-electron chi connectivity index (χ3n) is 2.25. The fourth-order valence-corrected chi connectivity index (χ4v) is 1.61. The molecule has 1 aromatic rings. The van der Waals surface area contributed by atoms with Gasteiger partial charge < -0.3 is 10.2 Å². The molecule has 1 aromatic carbocycles. The molecule has 84 valence electrons. The molecule has 2 nitrogen and oxygen atoms in total. The van der Waals surface area contributed by atoms with Crippen LogP contribution in [0, 0.1) is 5.82 Å². The fourth-order valence-electron chi connectivity index (χ4n) is 1.37. The first-order chi connectivity index (χ1) is 7.13. The van der Waals surface area contributed by atoms with E-state index in [0.29, 0.717) is 24.8 Å². The van der Waals surface area contributed by atoms with Gasteiger partial charge in [-0.1, -0.05) is 0 Å². The van der Waals surface area contributed by atoms with Crippen LogP contribution in [0.2, 0.25) is 0 Å². The number of hydrogen-bond donors (Lipinski definition) is 3. The number of phenols is 1. The Morgan fingerprint density at radius 1 is 1.33 bits per heavy atom. The number of aromatic hydroxyl groups is 1. The van der Waals surface area contributed by atoms with Crippen LogP contribution in [0.25, 0.3) is 0 Å². The van der Waals surface area contributed by atoms with Crippen LogP contribution in [0.5, 0.6) is 5.75 Å². The first kappa shape index (κ1) is 12.3. The zero-order valence-corrected chi connectivity index (χ0v) is 9.25. The molecule has 0 radical (unpaired) electrons. The van der Waals surface area contributed by atoms with E-state index in [1.807, 2.05) is 0 Å². The Hall–Kier alpha value is -0.740. The van der Waals surface area contributed by atoms with Gasteiger partial charge in [0.25, 0.3) is 0 Å². The van der Waals surface area contributed by atoms with Crippen molar-refractivity contribution in [2.24, 2.45) is 0 Å². The van der Waals surface area contributed by atoms with Crippen LogP contribution in [0.3, 0.4) is 0 Å². The summed E-state index contributed by atoms with van der Waals surface area (Å²) in [5.41, 5.74) is 0.590. The van der Waals surface area contributed by atoms with Gasteiger partial charge >= 0.3 is 0 Å². The molecule has 0 heterocycles. The van der Waals surface area contributed by atoms with Gasteiger partial charge in [-0.05, 0) is 43.0 Å². The lowest BCUT2D eigenvalue weighted by Gasteiger charge is -2.09. The zero-order chi connectivity index (χ0) is 11.3. The molecule has 0 saturated carbocycles. The van der Waals surface area contributed by atoms with Crippen molar-refractivity contribution in [3.05, 3.63) is 29.6 Å². The highest BCUT2D eigenvalue weighted by atomic mass is 32.1. The maximum atomic E-state index is 12.8. The molecule has 15 heavy (non-hydrogen) atoms. The number of aryl methyl sites for hydroxylation is 1. The third kappa shape index (κ3) is 4.10. The summed E-state index contributed by atoms with van der Waals surface area (Å²) in [6, 6.07) is 3.91. The minimum atomic E-state index is -0.347. The number of hydrogen-bond acceptors (Lipinski definition) is 3. The molecule has 0 bridgehead atoms. The molecule has 1 rings (SSSR count). The lowest BCUT2D eigenvalue weighted by atomic mass is 10.1. The number of aliphatic hydroxyl groups excluding tert-OH is 1. The molecule has 0 amide bonds. The van der Waals surface area contributed by atoms with E-state index in [9.17, 15) is 9.50 Å². The van der Waals surface area contributed by atoms with Crippen LogP contribution in [0.1, 0.15) is 18.4 Å². The third-order valence-corrected chi connectivity index (χ3v) is 2.77. The summed E-state index contributed by atoms with van der Waals surface area (Å²) in [4.78, 5) is 0. The maximum absolute atomic E-state index is 12.8. The second-order valence-electron chi connectivity index (χ2n) is 3.48. The first-order valence-electron chi connectivity index (χ1n) is 4.90. The molecule has 4 heteroatoms. The Bertz CT molecular complexity index is 317. The lowest BCUT2D eigenvalue weighted by Crippen LogP contribution is -2.03. The van der Waals surface area contributed by atoms with Crippen molar-refractivity contribution in [1.82, 2.24) is 0 Å². The van der Waals surface area contributed by atoms with E-state index in [2.05, 4.69) is 12.6 Å². The summed E-state index contributed by atoms with van der Waals surface area (Å²) < 4.78 is 12.8. The van der Waals surface area contributed by atoms with Crippen molar-refractivity contribution < 1.29 is 14.6 Å². The molecular weight excluding hydrogens is 215 g/mol. The molecule has 0 spiro atoms. The van der Waals surface area contributed by atoms with Gasteiger partial charge in [0.05, 0.1) is 0 Å². The van der Waals surface area contributed by atoms with Gasteiger partial charge in [-0.3, -0.25) is 0 Å². The Morgan fingerprint density at radius 3 is 2.73 bits per heavy atom. The highest BCUT2D eigenvalue weighted by Crippen LogP contribution is 2.21. The summed E-state index contributed by atoms with van der Waals surface area (Å²) in [5.74, 6) is -0.235. The number of thiol groups is 1. The molecule has 0 aromatic heterocycles. The average molecular weight is 230 g/mol. The number of rotatable bonds is 5. The van der Waals surface area contributed by atoms with Crippen molar-refractivity contribution in [3.63, 3.8) is 0 Å². The molecule has 1 atom stereocenters. The van der Waals surface area contributed by atoms with E-state index in [4.69, 9.17) is 5.11 Å². The fraction of sp³-hybridized carbons (Fsp3) is 0.455. The van der Waals surface area contributed by atoms with E-state index in [1.165, 1.54) is 18.2 Å². The van der Waals surface area contributed by atoms with E-state index in [1.54, 1.807) is 0 Å². The number of phenolic OH excluding ortho intramolecular Hbond substituents is 1. The average Bonchev–Trinajstić information content (AvgIpc) is 2.20. The van der Waals surface area contributed by atoms with Crippen molar-refractivity contribution in [2.45, 2.75) is 24.5 Å². The number of aliphatic hydroxyl groups is 1. The smallest absolute Gasteiger partial charge is 0.123 e. The van der Waals surface area contributed by atoms with Gasteiger partial charge in [0, 0.05) is 11.9 Å². The molecule has 2 N–H and O–H groups in total. The summed E-state index contributed by atoms with van der Waals surface area (Å²) >= 11 is 4.27. The van der Waals surface area contributed by atoms with Crippen molar-refractivity contribution in [2.75, 3.05) is 6.61 Å². The first-order valence-corrected chi connectivity index (χ1v) is 5.41. The van der Waals surface area contributed by atoms with Gasteiger partial charge in [-0.25, -0.2) is 4.39 Å². The monoisotopic (exact) mass is 230 g/mol. The lowest BCUT2D eigenvalue weighted by molar-refractivity contribution is 0.285. The van der Waals surface area contributed by atoms with Crippen LogP contribution in [0.4, 0.5) is 4.39 Å². The van der Waals surface area contributed by atoms with E-state index >= 15 is 0 Å². The van der Waals surface area contributed by atoms with E-state index < -0.39 is 0 Å². The van der Waals surface area contributed by atoms with Crippen molar-refractivity contribution >= 4 is 12.6 Å². The minimum Gasteiger partial charge on any atom is -0.508 e. The Balaban J connectivity index is 2.53. The standard InChI is InChI=1S/C11H15FO2S/c12-9-2-4-11(14)8(7-9)1-3-10(15)5-6-13/h2,4,7,10,13-15H,1,3,5-6H2. The van der Waals surface area contributed by atoms with Gasteiger partial charge in [-0.15, -0.1) is 0 Å². The van der Waals surface area contributed by atoms with Crippen LogP contribution in [-0.4, -0.2) is 22.1 Å². The second kappa shape index (κ2) is 5.98. The number of halogens is 1. The Morgan fingerprint density at radius 2 is 2.07 bits per heavy atom. The molecular formula is C11H15FO2S. The molecule has 1 unspecified atom stereocenters. The molecule has 0 aliphatic heterocycles. The molecule has 0 fully saturated rings. The van der Waals surface area contributed by atoms with Crippen molar-refractivity contribution in [3.8, 4) is 5.75 Å². The quantitative estimate of drug-likeness (QED) is 0.678. The topological polar surface area (TPSA) is 40.5 Å². The minimum absolute atomic E-state index is 0.0812. The van der Waals surface area contributed by atoms with Gasteiger partial charge in [0.2, 0.25) is 0 Å². The van der Waals surface area contributed by atoms with E-state index in [0.717, 1.165) is 0 Å². The number of benzene rings is 1. The highest BCUT2D eigenvalue weighted by molar-refractivity contribution is 7.80. The van der Waals surface area contributed by atoms with Crippen LogP contribution in [0.15, 0.2) is 18.2 Å². The largest absolute Gasteiger partial charge is 0.508 e. The summed E-state index contributed by atoms with van der Waals surface area (Å²) in [5, 5.41) is 18.2. The molecule has 0 aliphatic carbocycles. The van der Waals surface area contributed by atoms with Crippen LogP contribution >= 0.6 is 12.6 Å². The summed E-state index contributed by atoms with van der Waals surface area (Å²) in [6.07, 6.45) is 1.89. The van der Waals surface area contributed by atoms with Gasteiger partial charge in [-0.2, -0.15) is 12.6 Å². The van der Waals surface area contributed by atoms with Gasteiger partial charge in [0.15, 0.2) is 0 Å². The second-order valence-corrected chi connectivity index (χ2v) is 4.21. The maximum Gasteiger partial charge on any atom is 0.123 e. The van der Waals surface area contributed by atoms with E-state index in [-0.39, 0.29) is 23.4 Å². The predicted molar refractivity (Wildman–Crippen MR) is 60.9 cm³/mol. The predicted octanol–water partition coefficient (Wildman–Crippen LogP) is 2.14. The summed E-state index contributed by atoms with van der Waals surface area (Å²) in [7, 11) is 0. The zero-order valence-electron chi connectivity index (χ0n) is 8.36. The van der Waals surface area contributed by atoms with Crippen molar-refractivity contribution in [1.29, 1.82) is 0 Å². The van der Waals surface area contributed by atoms with Gasteiger partial charge in [0.1, 0.15) is 11.6 Å². The Labute approximate surface area is 94.2 Å². The van der Waals surface area contributed by atoms with Crippen LogP contribution < -0.4 is 0 Å². The Kier molecular flexibility index (Phi) is 4.91.